The van der Waals surface area contributed by atoms with Crippen LogP contribution in [-0.2, 0) is 0 Å². The summed E-state index contributed by atoms with van der Waals surface area (Å²) < 4.78 is 5.36. The molecule has 0 amide bonds. The molecule has 2 aromatic rings. The highest BCUT2D eigenvalue weighted by Gasteiger charge is 2.08. The maximum atomic E-state index is 5.92. The van der Waals surface area contributed by atoms with Crippen molar-refractivity contribution in [3.63, 3.8) is 0 Å². The lowest BCUT2D eigenvalue weighted by atomic mass is 10.3. The minimum Gasteiger partial charge on any atom is -0.420 e. The maximum Gasteiger partial charge on any atom is 0.322 e. The van der Waals surface area contributed by atoms with Crippen LogP contribution in [0.25, 0.3) is 0 Å². The number of nitrogens with two attached hydrogens (primary N) is 1. The Labute approximate surface area is 102 Å². The molecular formula is C10H7Cl2N3O. The summed E-state index contributed by atoms with van der Waals surface area (Å²) in [7, 11) is 0. The van der Waals surface area contributed by atoms with Gasteiger partial charge in [-0.3, -0.25) is 0 Å². The fraction of sp³-hybridized carbons (Fsp3) is 0. The van der Waals surface area contributed by atoms with Crippen LogP contribution < -0.4 is 10.5 Å². The zero-order chi connectivity index (χ0) is 11.5. The normalized spacial score (nSPS) is 10.1. The molecule has 0 aliphatic heterocycles. The molecule has 0 aliphatic rings. The summed E-state index contributed by atoms with van der Waals surface area (Å²) in [5, 5.41) is 0.832. The fourth-order valence-electron chi connectivity index (χ4n) is 1.08. The number of rotatable bonds is 2. The molecule has 0 unspecified atom stereocenters. The SMILES string of the molecule is Nc1cccc(Cl)c1Oc1ncc(Cl)cn1. The number of hydrogen-bond donors (Lipinski definition) is 1. The predicted molar refractivity (Wildman–Crippen MR) is 63.0 cm³/mol. The Morgan fingerprint density at radius 1 is 1.12 bits per heavy atom. The van der Waals surface area contributed by atoms with E-state index in [1.165, 1.54) is 12.4 Å². The molecule has 0 bridgehead atoms. The summed E-state index contributed by atoms with van der Waals surface area (Å²) >= 11 is 11.6. The number of nitrogens with zero attached hydrogens (tertiary/aromatic N) is 2. The van der Waals surface area contributed by atoms with Crippen molar-refractivity contribution < 1.29 is 4.74 Å². The van der Waals surface area contributed by atoms with Crippen molar-refractivity contribution in [1.82, 2.24) is 9.97 Å². The van der Waals surface area contributed by atoms with Crippen molar-refractivity contribution in [3.8, 4) is 11.8 Å². The van der Waals surface area contributed by atoms with Crippen molar-refractivity contribution in [2.24, 2.45) is 0 Å². The van der Waals surface area contributed by atoms with Crippen LogP contribution in [0.15, 0.2) is 30.6 Å². The number of benzene rings is 1. The molecule has 1 aromatic carbocycles. The minimum atomic E-state index is 0.143. The van der Waals surface area contributed by atoms with Crippen molar-refractivity contribution in [1.29, 1.82) is 0 Å². The Morgan fingerprint density at radius 2 is 1.81 bits per heavy atom. The third kappa shape index (κ3) is 2.35. The Bertz CT molecular complexity index is 482. The maximum absolute atomic E-state index is 5.92. The lowest BCUT2D eigenvalue weighted by Gasteiger charge is -2.07. The van der Waals surface area contributed by atoms with Gasteiger partial charge >= 0.3 is 6.01 Å². The monoisotopic (exact) mass is 255 g/mol. The van der Waals surface area contributed by atoms with Crippen LogP contribution in [0.5, 0.6) is 11.8 Å². The molecule has 1 heterocycles. The highest BCUT2D eigenvalue weighted by atomic mass is 35.5. The fourth-order valence-corrected chi connectivity index (χ4v) is 1.40. The molecule has 2 rings (SSSR count). The Kier molecular flexibility index (Phi) is 3.12. The van der Waals surface area contributed by atoms with Gasteiger partial charge in [-0.15, -0.1) is 0 Å². The van der Waals surface area contributed by atoms with Crippen LogP contribution in [0.4, 0.5) is 5.69 Å². The van der Waals surface area contributed by atoms with E-state index in [0.717, 1.165) is 0 Å². The topological polar surface area (TPSA) is 61.0 Å². The number of anilines is 1. The molecule has 0 fully saturated rings. The molecule has 1 aromatic heterocycles. The highest BCUT2D eigenvalue weighted by Crippen LogP contribution is 2.33. The highest BCUT2D eigenvalue weighted by molar-refractivity contribution is 6.32. The first kappa shape index (κ1) is 11.0. The Balaban J connectivity index is 2.30. The lowest BCUT2D eigenvalue weighted by Crippen LogP contribution is -1.95. The second-order valence-corrected chi connectivity index (χ2v) is 3.79. The van der Waals surface area contributed by atoms with Crippen LogP contribution in [0.1, 0.15) is 0 Å². The number of ether oxygens (including phenoxy) is 1. The molecule has 6 heteroatoms. The average molecular weight is 256 g/mol. The van der Waals surface area contributed by atoms with Gasteiger partial charge in [0.15, 0.2) is 5.75 Å². The van der Waals surface area contributed by atoms with E-state index < -0.39 is 0 Å². The van der Waals surface area contributed by atoms with E-state index in [4.69, 9.17) is 33.7 Å². The molecule has 0 saturated heterocycles. The third-order valence-corrected chi connectivity index (χ3v) is 2.28. The quantitative estimate of drug-likeness (QED) is 0.838. The van der Waals surface area contributed by atoms with Crippen molar-refractivity contribution in [3.05, 3.63) is 40.6 Å². The molecule has 0 radical (unpaired) electrons. The van der Waals surface area contributed by atoms with Crippen LogP contribution in [0, 0.1) is 0 Å². The van der Waals surface area contributed by atoms with E-state index in [9.17, 15) is 0 Å². The molecule has 0 saturated carbocycles. The standard InChI is InChI=1S/C10H7Cl2N3O/c11-6-4-14-10(15-5-6)16-9-7(12)2-1-3-8(9)13/h1-5H,13H2. The summed E-state index contributed by atoms with van der Waals surface area (Å²) in [4.78, 5) is 7.75. The van der Waals surface area contributed by atoms with Gasteiger partial charge in [-0.25, -0.2) is 9.97 Å². The largest absolute Gasteiger partial charge is 0.420 e. The van der Waals surface area contributed by atoms with E-state index in [0.29, 0.717) is 21.5 Å². The molecule has 82 valence electrons. The van der Waals surface area contributed by atoms with Crippen LogP contribution in [0.3, 0.4) is 0 Å². The van der Waals surface area contributed by atoms with Gasteiger partial charge < -0.3 is 10.5 Å². The molecule has 4 nitrogen and oxygen atoms in total. The molecular weight excluding hydrogens is 249 g/mol. The number of halogens is 2. The van der Waals surface area contributed by atoms with E-state index in [1.807, 2.05) is 0 Å². The zero-order valence-corrected chi connectivity index (χ0v) is 9.53. The number of hydrogen-bond acceptors (Lipinski definition) is 4. The van der Waals surface area contributed by atoms with E-state index in [2.05, 4.69) is 9.97 Å². The molecule has 0 spiro atoms. The van der Waals surface area contributed by atoms with E-state index in [1.54, 1.807) is 18.2 Å². The van der Waals surface area contributed by atoms with Gasteiger partial charge in [0.05, 0.1) is 28.1 Å². The molecule has 0 aliphatic carbocycles. The van der Waals surface area contributed by atoms with Crippen LogP contribution >= 0.6 is 23.2 Å². The summed E-state index contributed by atoms with van der Waals surface area (Å²) in [6, 6.07) is 5.22. The smallest absolute Gasteiger partial charge is 0.322 e. The van der Waals surface area contributed by atoms with Crippen molar-refractivity contribution >= 4 is 28.9 Å². The van der Waals surface area contributed by atoms with Gasteiger partial charge in [-0.1, -0.05) is 29.3 Å². The van der Waals surface area contributed by atoms with Crippen LogP contribution in [0.2, 0.25) is 10.0 Å². The van der Waals surface area contributed by atoms with E-state index >= 15 is 0 Å². The van der Waals surface area contributed by atoms with Crippen LogP contribution in [-0.4, -0.2) is 9.97 Å². The lowest BCUT2D eigenvalue weighted by molar-refractivity contribution is 0.444. The van der Waals surface area contributed by atoms with Gasteiger partial charge in [-0.2, -0.15) is 0 Å². The number of nitrogen functional groups attached to an aromatic ring is 1. The number of para-hydroxylation sites is 1. The first-order valence-electron chi connectivity index (χ1n) is 4.36. The first-order chi connectivity index (χ1) is 7.66. The minimum absolute atomic E-state index is 0.143. The van der Waals surface area contributed by atoms with Gasteiger partial charge in [-0.05, 0) is 12.1 Å². The Hall–Kier alpha value is -1.52. The predicted octanol–water partition coefficient (Wildman–Crippen LogP) is 3.16. The first-order valence-corrected chi connectivity index (χ1v) is 5.12. The van der Waals surface area contributed by atoms with Gasteiger partial charge in [0.2, 0.25) is 0 Å². The third-order valence-electron chi connectivity index (χ3n) is 1.79. The second kappa shape index (κ2) is 4.55. The van der Waals surface area contributed by atoms with Gasteiger partial charge in [0.1, 0.15) is 0 Å². The Morgan fingerprint density at radius 3 is 2.44 bits per heavy atom. The summed E-state index contributed by atoms with van der Waals surface area (Å²) in [6.45, 7) is 0. The summed E-state index contributed by atoms with van der Waals surface area (Å²) in [5.41, 5.74) is 6.13. The second-order valence-electron chi connectivity index (χ2n) is 2.94. The zero-order valence-electron chi connectivity index (χ0n) is 8.02. The molecule has 16 heavy (non-hydrogen) atoms. The van der Waals surface area contributed by atoms with Gasteiger partial charge in [0.25, 0.3) is 0 Å². The summed E-state index contributed by atoms with van der Waals surface area (Å²) in [6.07, 6.45) is 2.86. The average Bonchev–Trinajstić information content (AvgIpc) is 2.26. The van der Waals surface area contributed by atoms with Crippen molar-refractivity contribution in [2.75, 3.05) is 5.73 Å². The molecule has 0 atom stereocenters. The van der Waals surface area contributed by atoms with Gasteiger partial charge in [0, 0.05) is 0 Å². The number of aromatic nitrogens is 2. The van der Waals surface area contributed by atoms with E-state index in [-0.39, 0.29) is 6.01 Å². The molecule has 2 N–H and O–H groups in total. The summed E-state index contributed by atoms with van der Waals surface area (Å²) in [5.74, 6) is 0.339. The van der Waals surface area contributed by atoms with Crippen molar-refractivity contribution in [2.45, 2.75) is 0 Å².